The van der Waals surface area contributed by atoms with Gasteiger partial charge in [-0.15, -0.1) is 0 Å². The Morgan fingerprint density at radius 2 is 1.88 bits per heavy atom. The van der Waals surface area contributed by atoms with Gasteiger partial charge in [-0.1, -0.05) is 11.6 Å². The van der Waals surface area contributed by atoms with Gasteiger partial charge in [0, 0.05) is 12.9 Å². The molecule has 0 amide bonds. The molecule has 0 spiro atoms. The number of alkyl halides is 3. The van der Waals surface area contributed by atoms with Crippen LogP contribution in [0.3, 0.4) is 0 Å². The topological polar surface area (TPSA) is 62.6 Å². The van der Waals surface area contributed by atoms with E-state index >= 15 is 0 Å². The van der Waals surface area contributed by atoms with Gasteiger partial charge in [0.05, 0.1) is 16.9 Å². The van der Waals surface area contributed by atoms with E-state index in [1.165, 1.54) is 12.9 Å². The van der Waals surface area contributed by atoms with Crippen LogP contribution in [0.2, 0.25) is 5.02 Å². The van der Waals surface area contributed by atoms with Crippen molar-refractivity contribution in [3.05, 3.63) is 52.0 Å². The lowest BCUT2D eigenvalue weighted by molar-refractivity contribution is -0.153. The molecule has 1 aliphatic rings. The van der Waals surface area contributed by atoms with Crippen LogP contribution in [0.5, 0.6) is 0 Å². The first kappa shape index (κ1) is 24.8. The largest absolute Gasteiger partial charge is 0.448 e. The lowest BCUT2D eigenvalue weighted by atomic mass is 9.92. The summed E-state index contributed by atoms with van der Waals surface area (Å²) in [7, 11) is 0. The molecule has 6 nitrogen and oxygen atoms in total. The summed E-state index contributed by atoms with van der Waals surface area (Å²) >= 11 is 11.1. The maximum atomic E-state index is 12.8. The number of carbonyl (C=O) groups excluding carboxylic acids is 1. The molecule has 0 saturated carbocycles. The monoisotopic (exact) mass is 508 g/mol. The number of rotatable bonds is 6. The summed E-state index contributed by atoms with van der Waals surface area (Å²) in [4.78, 5) is 12.8. The van der Waals surface area contributed by atoms with Crippen LogP contribution in [-0.2, 0) is 30.4 Å². The third-order valence-electron chi connectivity index (χ3n) is 4.63. The molecule has 174 valence electrons. The van der Waals surface area contributed by atoms with Crippen LogP contribution in [0.25, 0.3) is 11.3 Å². The van der Waals surface area contributed by atoms with Gasteiger partial charge in [0.2, 0.25) is 6.49 Å². The number of cyclic esters (lactones) is 1. The van der Waals surface area contributed by atoms with Crippen molar-refractivity contribution in [3.63, 3.8) is 0 Å². The van der Waals surface area contributed by atoms with Gasteiger partial charge in [-0.05, 0) is 68.3 Å². The number of benzene rings is 1. The lowest BCUT2D eigenvalue weighted by Gasteiger charge is -2.27. The highest BCUT2D eigenvalue weighted by Gasteiger charge is 2.46. The zero-order valence-corrected chi connectivity index (χ0v) is 20.4. The number of aromatic nitrogens is 2. The van der Waals surface area contributed by atoms with Crippen molar-refractivity contribution in [1.82, 2.24) is 9.78 Å². The molecule has 0 bridgehead atoms. The summed E-state index contributed by atoms with van der Waals surface area (Å²) in [6.45, 7) is 3.09. The number of hydrogen-bond acceptors (Lipinski definition) is 6. The van der Waals surface area contributed by atoms with Gasteiger partial charge in [0.25, 0.3) is 0 Å². The molecule has 0 radical (unpaired) electrons. The first-order valence-corrected chi connectivity index (χ1v) is 12.8. The fourth-order valence-corrected chi connectivity index (χ4v) is 4.98. The Morgan fingerprint density at radius 1 is 1.28 bits per heavy atom. The number of hydrogen-bond donors (Lipinski definition) is 0. The van der Waals surface area contributed by atoms with Crippen molar-refractivity contribution in [3.8, 4) is 5.69 Å². The molecule has 0 fully saturated rings. The van der Waals surface area contributed by atoms with E-state index in [-0.39, 0.29) is 11.3 Å². The molecule has 1 unspecified atom stereocenters. The van der Waals surface area contributed by atoms with E-state index in [1.807, 2.05) is 0 Å². The molecule has 1 aromatic carbocycles. The lowest BCUT2D eigenvalue weighted by Crippen LogP contribution is -2.24. The summed E-state index contributed by atoms with van der Waals surface area (Å²) < 4.78 is 55.6. The minimum Gasteiger partial charge on any atom is -0.448 e. The van der Waals surface area contributed by atoms with Crippen LogP contribution in [0.1, 0.15) is 30.5 Å². The summed E-state index contributed by atoms with van der Waals surface area (Å²) in [5.74, 6) is -0.603. The zero-order valence-electron chi connectivity index (χ0n) is 17.9. The highest BCUT2D eigenvalue weighted by atomic mass is 35.5. The maximum absolute atomic E-state index is 12.8. The minimum absolute atomic E-state index is 0.0524. The number of ether oxygens (including phenoxy) is 1. The Hall–Kier alpha value is -1.87. The average Bonchev–Trinajstić information content (AvgIpc) is 3.14. The molecule has 1 aliphatic heterocycles. The van der Waals surface area contributed by atoms with Gasteiger partial charge in [0.1, 0.15) is 5.57 Å². The fourth-order valence-electron chi connectivity index (χ4n) is 3.39. The molecule has 1 aromatic heterocycles. The fraction of sp³-hybridized carbons (Fsp3) is 0.400. The van der Waals surface area contributed by atoms with Gasteiger partial charge < -0.3 is 13.8 Å². The van der Waals surface area contributed by atoms with E-state index in [2.05, 4.69) is 5.10 Å². The molecular formula is C20H21ClF3N2O4PS. The van der Waals surface area contributed by atoms with E-state index in [0.717, 1.165) is 5.69 Å². The van der Waals surface area contributed by atoms with Crippen LogP contribution in [0.4, 0.5) is 13.2 Å². The summed E-state index contributed by atoms with van der Waals surface area (Å²) in [6.07, 6.45) is -1.42. The van der Waals surface area contributed by atoms with Gasteiger partial charge in [-0.2, -0.15) is 18.3 Å². The first-order chi connectivity index (χ1) is 14.6. The highest BCUT2D eigenvalue weighted by Crippen LogP contribution is 2.53. The van der Waals surface area contributed by atoms with Crippen molar-refractivity contribution in [2.45, 2.75) is 39.5 Å². The van der Waals surface area contributed by atoms with Crippen LogP contribution in [-0.4, -0.2) is 40.8 Å². The van der Waals surface area contributed by atoms with Crippen molar-refractivity contribution in [2.75, 3.05) is 13.3 Å². The Kier molecular flexibility index (Phi) is 6.56. The second kappa shape index (κ2) is 8.48. The number of halogens is 4. The van der Waals surface area contributed by atoms with Crippen molar-refractivity contribution >= 4 is 41.4 Å². The van der Waals surface area contributed by atoms with Crippen LogP contribution in [0, 0.1) is 13.8 Å². The van der Waals surface area contributed by atoms with E-state index in [4.69, 9.17) is 37.2 Å². The van der Waals surface area contributed by atoms with Gasteiger partial charge >= 0.3 is 12.1 Å². The predicted octanol–water partition coefficient (Wildman–Crippen LogP) is 5.72. The molecule has 0 aliphatic carbocycles. The smallest absolute Gasteiger partial charge is 0.412 e. The van der Waals surface area contributed by atoms with E-state index < -0.39 is 30.8 Å². The zero-order chi connectivity index (χ0) is 24.1. The highest BCUT2D eigenvalue weighted by molar-refractivity contribution is 8.09. The minimum atomic E-state index is -4.56. The molecular weight excluding hydrogens is 488 g/mol. The number of carbonyl (C=O) groups is 1. The molecule has 32 heavy (non-hydrogen) atoms. The summed E-state index contributed by atoms with van der Waals surface area (Å²) in [5.41, 5.74) is 1.56. The van der Waals surface area contributed by atoms with Gasteiger partial charge in [-0.3, -0.25) is 0 Å². The molecule has 12 heteroatoms. The second-order valence-corrected chi connectivity index (χ2v) is 12.3. The van der Waals surface area contributed by atoms with Crippen molar-refractivity contribution in [1.29, 1.82) is 0 Å². The number of esters is 1. The summed E-state index contributed by atoms with van der Waals surface area (Å²) in [5, 5.41) is 4.64. The Morgan fingerprint density at radius 3 is 2.38 bits per heavy atom. The molecule has 0 saturated heterocycles. The Balaban J connectivity index is 2.08. The third kappa shape index (κ3) is 5.36. The van der Waals surface area contributed by atoms with E-state index in [9.17, 15) is 18.0 Å². The third-order valence-corrected chi connectivity index (χ3v) is 6.48. The van der Waals surface area contributed by atoms with Crippen molar-refractivity contribution in [2.24, 2.45) is 0 Å². The molecule has 3 rings (SSSR count). The standard InChI is InChI=1S/C20H21ClF3N2O4PS/c1-11-6-14(26-9-13(21)8-25-26)7-12(2)15(11)16-17(19(3,4)29-18(16)27)30-31(5,32)28-10-20(22,23)24/h6-9H,10H2,1-5H3. The first-order valence-electron chi connectivity index (χ1n) is 9.38. The van der Waals surface area contributed by atoms with Crippen LogP contribution in [0.15, 0.2) is 30.3 Å². The van der Waals surface area contributed by atoms with E-state index in [1.54, 1.807) is 50.7 Å². The predicted molar refractivity (Wildman–Crippen MR) is 118 cm³/mol. The maximum Gasteiger partial charge on any atom is 0.412 e. The number of nitrogens with zero attached hydrogens (tertiary/aromatic N) is 2. The molecule has 2 aromatic rings. The summed E-state index contributed by atoms with van der Waals surface area (Å²) in [6, 6.07) is 3.61. The van der Waals surface area contributed by atoms with Crippen LogP contribution >= 0.6 is 18.1 Å². The van der Waals surface area contributed by atoms with Gasteiger partial charge in [0.15, 0.2) is 18.0 Å². The number of aryl methyl sites for hydroxylation is 2. The van der Waals surface area contributed by atoms with Crippen LogP contribution < -0.4 is 0 Å². The Labute approximate surface area is 193 Å². The quantitative estimate of drug-likeness (QED) is 0.367. The SMILES string of the molecule is Cc1cc(-n2cc(Cl)cn2)cc(C)c1C1=C(OP(C)(=S)OCC(F)(F)F)C(C)(C)OC1=O. The average molecular weight is 509 g/mol. The van der Waals surface area contributed by atoms with E-state index in [0.29, 0.717) is 21.7 Å². The molecule has 2 heterocycles. The normalized spacial score (nSPS) is 18.0. The van der Waals surface area contributed by atoms with Crippen molar-refractivity contribution < 1.29 is 31.8 Å². The second-order valence-electron chi connectivity index (χ2n) is 7.91. The van der Waals surface area contributed by atoms with Gasteiger partial charge in [-0.25, -0.2) is 9.48 Å². The Bertz CT molecular complexity index is 1140. The molecule has 0 N–H and O–H groups in total. The molecule has 1 atom stereocenters.